The van der Waals surface area contributed by atoms with Gasteiger partial charge in [-0.2, -0.15) is 0 Å². The smallest absolute Gasteiger partial charge is 0.313 e. The zero-order chi connectivity index (χ0) is 26.3. The standard InChI is InChI=1S/C26H36O9/c1-13-8-10-19(32-16(4)27)25(7)20(33-17(5)28)11-9-14(2)22(25)23(30)26(35-18(6)29)15(3)24(31)34-21(26)12-13/h9,12,15,19-23,30H,8,10-11H2,1-7H3/b13-12-/t15-,19+,20-,21-,22+,23+,25-,26-/m0/s1. The summed E-state index contributed by atoms with van der Waals surface area (Å²) in [5, 5.41) is 12.1. The van der Waals surface area contributed by atoms with Crippen molar-refractivity contribution in [2.45, 2.75) is 97.7 Å². The second kappa shape index (κ2) is 9.76. The van der Waals surface area contributed by atoms with Crippen LogP contribution in [-0.2, 0) is 38.1 Å². The number of aliphatic hydroxyl groups is 1. The third kappa shape index (κ3) is 4.62. The van der Waals surface area contributed by atoms with Crippen LogP contribution in [-0.4, -0.2) is 59.0 Å². The van der Waals surface area contributed by atoms with E-state index in [-0.39, 0.29) is 0 Å². The molecule has 3 aliphatic rings. The van der Waals surface area contributed by atoms with E-state index in [1.807, 2.05) is 26.8 Å². The maximum Gasteiger partial charge on any atom is 0.313 e. The number of esters is 4. The second-order valence-corrected chi connectivity index (χ2v) is 10.2. The molecule has 35 heavy (non-hydrogen) atoms. The maximum absolute atomic E-state index is 12.8. The van der Waals surface area contributed by atoms with Gasteiger partial charge in [0, 0.05) is 33.1 Å². The first kappa shape index (κ1) is 26.9. The summed E-state index contributed by atoms with van der Waals surface area (Å²) in [6.07, 6.45) is 0.845. The van der Waals surface area contributed by atoms with Gasteiger partial charge in [0.15, 0.2) is 11.7 Å². The van der Waals surface area contributed by atoms with Crippen molar-refractivity contribution in [2.24, 2.45) is 17.3 Å². The highest BCUT2D eigenvalue weighted by Crippen LogP contribution is 2.55. The van der Waals surface area contributed by atoms with E-state index in [9.17, 15) is 24.3 Å². The van der Waals surface area contributed by atoms with Crippen molar-refractivity contribution in [3.05, 3.63) is 23.3 Å². The number of fused-ring (bicyclic) bond motifs is 2. The monoisotopic (exact) mass is 492 g/mol. The van der Waals surface area contributed by atoms with Gasteiger partial charge in [-0.05, 0) is 39.7 Å². The van der Waals surface area contributed by atoms with Crippen LogP contribution in [0.3, 0.4) is 0 Å². The van der Waals surface area contributed by atoms with Crippen molar-refractivity contribution in [3.8, 4) is 0 Å². The number of aliphatic hydroxyl groups excluding tert-OH is 1. The van der Waals surface area contributed by atoms with Gasteiger partial charge in [-0.15, -0.1) is 0 Å². The molecule has 0 aromatic rings. The number of rotatable bonds is 3. The van der Waals surface area contributed by atoms with Gasteiger partial charge >= 0.3 is 23.9 Å². The van der Waals surface area contributed by atoms with Gasteiger partial charge in [-0.1, -0.05) is 24.1 Å². The highest BCUT2D eigenvalue weighted by molar-refractivity contribution is 5.79. The molecular weight excluding hydrogens is 456 g/mol. The Balaban J connectivity index is 2.32. The van der Waals surface area contributed by atoms with Crippen LogP contribution in [0, 0.1) is 17.3 Å². The third-order valence-electron chi connectivity index (χ3n) is 7.87. The number of ether oxygens (including phenoxy) is 4. The largest absolute Gasteiger partial charge is 0.462 e. The number of hydrogen-bond acceptors (Lipinski definition) is 9. The van der Waals surface area contributed by atoms with E-state index in [1.165, 1.54) is 20.8 Å². The van der Waals surface area contributed by atoms with Crippen molar-refractivity contribution in [2.75, 3.05) is 0 Å². The summed E-state index contributed by atoms with van der Waals surface area (Å²) in [7, 11) is 0. The first-order valence-corrected chi connectivity index (χ1v) is 12.0. The predicted molar refractivity (Wildman–Crippen MR) is 124 cm³/mol. The summed E-state index contributed by atoms with van der Waals surface area (Å²) >= 11 is 0. The van der Waals surface area contributed by atoms with Gasteiger partial charge in [-0.3, -0.25) is 19.2 Å². The molecule has 0 bridgehead atoms. The van der Waals surface area contributed by atoms with E-state index in [2.05, 4.69) is 0 Å². The van der Waals surface area contributed by atoms with Gasteiger partial charge in [0.05, 0.1) is 5.41 Å². The average Bonchev–Trinajstić information content (AvgIpc) is 2.96. The molecule has 2 aliphatic carbocycles. The second-order valence-electron chi connectivity index (χ2n) is 10.2. The normalized spacial score (nSPS) is 40.6. The highest BCUT2D eigenvalue weighted by atomic mass is 16.6. The molecule has 194 valence electrons. The molecule has 0 aromatic carbocycles. The molecule has 0 radical (unpaired) electrons. The summed E-state index contributed by atoms with van der Waals surface area (Å²) in [5.41, 5.74) is -1.27. The predicted octanol–water partition coefficient (Wildman–Crippen LogP) is 2.79. The average molecular weight is 493 g/mol. The molecule has 0 spiro atoms. The van der Waals surface area contributed by atoms with E-state index < -0.39 is 71.1 Å². The fourth-order valence-electron chi connectivity index (χ4n) is 6.19. The molecule has 1 N–H and O–H groups in total. The third-order valence-corrected chi connectivity index (χ3v) is 7.87. The zero-order valence-electron chi connectivity index (χ0n) is 21.5. The Morgan fingerprint density at radius 2 is 1.66 bits per heavy atom. The lowest BCUT2D eigenvalue weighted by Gasteiger charge is -2.54. The van der Waals surface area contributed by atoms with Gasteiger partial charge in [-0.25, -0.2) is 0 Å². The molecule has 1 aliphatic heterocycles. The summed E-state index contributed by atoms with van der Waals surface area (Å²) in [6.45, 7) is 10.9. The van der Waals surface area contributed by atoms with Crippen LogP contribution in [0.4, 0.5) is 0 Å². The number of allylic oxidation sites excluding steroid dienone is 1. The Kier molecular flexibility index (Phi) is 7.50. The summed E-state index contributed by atoms with van der Waals surface area (Å²) in [6, 6.07) is 0. The van der Waals surface area contributed by atoms with Crippen molar-refractivity contribution in [1.29, 1.82) is 0 Å². The minimum atomic E-state index is -1.73. The van der Waals surface area contributed by atoms with Crippen LogP contribution in [0.2, 0.25) is 0 Å². The number of carbonyl (C=O) groups excluding carboxylic acids is 4. The van der Waals surface area contributed by atoms with Crippen LogP contribution in [0.5, 0.6) is 0 Å². The lowest BCUT2D eigenvalue weighted by Crippen LogP contribution is -2.65. The van der Waals surface area contributed by atoms with Gasteiger partial charge < -0.3 is 24.1 Å². The van der Waals surface area contributed by atoms with Crippen molar-refractivity contribution in [3.63, 3.8) is 0 Å². The molecule has 0 amide bonds. The van der Waals surface area contributed by atoms with Gasteiger partial charge in [0.1, 0.15) is 24.2 Å². The van der Waals surface area contributed by atoms with Gasteiger partial charge in [0.2, 0.25) is 0 Å². The zero-order valence-corrected chi connectivity index (χ0v) is 21.5. The Bertz CT molecular complexity index is 966. The molecule has 0 saturated carbocycles. The molecule has 0 aromatic heterocycles. The lowest BCUT2D eigenvalue weighted by atomic mass is 9.56. The molecule has 1 saturated heterocycles. The quantitative estimate of drug-likeness (QED) is 0.359. The first-order chi connectivity index (χ1) is 16.2. The van der Waals surface area contributed by atoms with Crippen LogP contribution in [0.25, 0.3) is 0 Å². The SMILES string of the molecule is CC(=O)O[C@H]1CC=C(C)[C@@H]2[C@@H](O)[C@@]3(OC(C)=O)[C@H](/C=C(/C)CC[C@@H](OC(C)=O)[C@@]12C)OC(=O)[C@@H]3C. The summed E-state index contributed by atoms with van der Waals surface area (Å²) in [4.78, 5) is 49.4. The molecule has 9 heteroatoms. The highest BCUT2D eigenvalue weighted by Gasteiger charge is 2.67. The van der Waals surface area contributed by atoms with Crippen molar-refractivity contribution < 1.29 is 43.2 Å². The van der Waals surface area contributed by atoms with E-state index in [0.29, 0.717) is 19.3 Å². The van der Waals surface area contributed by atoms with E-state index >= 15 is 0 Å². The Labute approximate surface area is 205 Å². The maximum atomic E-state index is 12.8. The molecule has 3 rings (SSSR count). The lowest BCUT2D eigenvalue weighted by molar-refractivity contribution is -0.216. The topological polar surface area (TPSA) is 125 Å². The minimum Gasteiger partial charge on any atom is -0.462 e. The molecule has 8 atom stereocenters. The number of hydrogen-bond donors (Lipinski definition) is 1. The molecular formula is C26H36O9. The molecule has 1 heterocycles. The summed E-state index contributed by atoms with van der Waals surface area (Å²) < 4.78 is 23.0. The fraction of sp³-hybridized carbons (Fsp3) is 0.692. The van der Waals surface area contributed by atoms with Crippen LogP contribution >= 0.6 is 0 Å². The van der Waals surface area contributed by atoms with Crippen LogP contribution in [0.1, 0.15) is 67.7 Å². The molecule has 0 unspecified atom stereocenters. The van der Waals surface area contributed by atoms with Crippen LogP contribution in [0.15, 0.2) is 23.3 Å². The number of carbonyl (C=O) groups is 4. The van der Waals surface area contributed by atoms with E-state index in [0.717, 1.165) is 11.1 Å². The van der Waals surface area contributed by atoms with E-state index in [1.54, 1.807) is 13.0 Å². The molecule has 9 nitrogen and oxygen atoms in total. The van der Waals surface area contributed by atoms with Crippen LogP contribution < -0.4 is 0 Å². The Hall–Kier alpha value is -2.68. The van der Waals surface area contributed by atoms with E-state index in [4.69, 9.17) is 18.9 Å². The first-order valence-electron chi connectivity index (χ1n) is 12.0. The fourth-order valence-corrected chi connectivity index (χ4v) is 6.19. The van der Waals surface area contributed by atoms with Crippen molar-refractivity contribution in [1.82, 2.24) is 0 Å². The Morgan fingerprint density at radius 1 is 1.06 bits per heavy atom. The minimum absolute atomic E-state index is 0.354. The van der Waals surface area contributed by atoms with Gasteiger partial charge in [0.25, 0.3) is 0 Å². The van der Waals surface area contributed by atoms with Crippen molar-refractivity contribution >= 4 is 23.9 Å². The summed E-state index contributed by atoms with van der Waals surface area (Å²) in [5.74, 6) is -4.05. The Morgan fingerprint density at radius 3 is 2.23 bits per heavy atom. The molecule has 1 fully saturated rings.